The average Bonchev–Trinajstić information content (AvgIpc) is 3.00. The molecule has 0 saturated carbocycles. The van der Waals surface area contributed by atoms with Crippen LogP contribution in [-0.2, 0) is 19.1 Å². The van der Waals surface area contributed by atoms with Gasteiger partial charge in [0.05, 0.1) is 22.9 Å². The molecular formula is C15H12F3N3O3. The lowest BCUT2D eigenvalue weighted by Crippen LogP contribution is -2.36. The first kappa shape index (κ1) is 16.0. The van der Waals surface area contributed by atoms with Crippen molar-refractivity contribution in [3.8, 4) is 0 Å². The third kappa shape index (κ3) is 2.84. The number of amides is 1. The van der Waals surface area contributed by atoms with E-state index in [4.69, 9.17) is 5.11 Å². The van der Waals surface area contributed by atoms with Crippen molar-refractivity contribution in [2.45, 2.75) is 19.1 Å². The molecule has 0 bridgehead atoms. The summed E-state index contributed by atoms with van der Waals surface area (Å²) in [6.07, 6.45) is -2.82. The molecule has 0 unspecified atom stereocenters. The zero-order chi connectivity index (χ0) is 17.5. The van der Waals surface area contributed by atoms with Gasteiger partial charge in [-0.2, -0.15) is 18.3 Å². The lowest BCUT2D eigenvalue weighted by Gasteiger charge is -2.27. The third-order valence-electron chi connectivity index (χ3n) is 3.89. The van der Waals surface area contributed by atoms with Gasteiger partial charge in [0, 0.05) is 30.8 Å². The molecule has 2 aromatic rings. The maximum Gasteiger partial charge on any atom is 0.417 e. The van der Waals surface area contributed by atoms with Crippen LogP contribution in [0.2, 0.25) is 0 Å². The molecule has 2 heterocycles. The van der Waals surface area contributed by atoms with Gasteiger partial charge in [-0.25, -0.2) is 4.79 Å². The number of nitrogens with one attached hydrogen (secondary N) is 1. The number of benzene rings is 1. The maximum atomic E-state index is 13.2. The topological polar surface area (TPSA) is 86.3 Å². The second kappa shape index (κ2) is 5.66. The number of fused-ring (bicyclic) bond motifs is 1. The Morgan fingerprint density at radius 2 is 2.04 bits per heavy atom. The average molecular weight is 339 g/mol. The Bertz CT molecular complexity index is 814. The van der Waals surface area contributed by atoms with E-state index < -0.39 is 34.7 Å². The van der Waals surface area contributed by atoms with E-state index in [1.807, 2.05) is 0 Å². The second-order valence-corrected chi connectivity index (χ2v) is 5.41. The summed E-state index contributed by atoms with van der Waals surface area (Å²) in [5.74, 6) is -2.27. The highest BCUT2D eigenvalue weighted by molar-refractivity contribution is 5.97. The zero-order valence-corrected chi connectivity index (χ0v) is 12.2. The van der Waals surface area contributed by atoms with E-state index in [2.05, 4.69) is 10.2 Å². The van der Waals surface area contributed by atoms with Crippen LogP contribution in [0.25, 0.3) is 0 Å². The van der Waals surface area contributed by atoms with E-state index in [-0.39, 0.29) is 13.1 Å². The first-order valence-electron chi connectivity index (χ1n) is 7.02. The Kier molecular flexibility index (Phi) is 3.78. The number of aromatic amines is 1. The lowest BCUT2D eigenvalue weighted by atomic mass is 10.0. The molecule has 1 aliphatic rings. The van der Waals surface area contributed by atoms with Crippen molar-refractivity contribution in [2.24, 2.45) is 0 Å². The van der Waals surface area contributed by atoms with Gasteiger partial charge in [0.25, 0.3) is 5.91 Å². The largest absolute Gasteiger partial charge is 0.478 e. The number of aromatic nitrogens is 2. The molecule has 0 aliphatic carbocycles. The van der Waals surface area contributed by atoms with Gasteiger partial charge in [0.1, 0.15) is 0 Å². The number of alkyl halides is 3. The minimum atomic E-state index is -4.83. The van der Waals surface area contributed by atoms with Crippen molar-refractivity contribution >= 4 is 11.9 Å². The summed E-state index contributed by atoms with van der Waals surface area (Å²) in [6.45, 7) is 0.411. The second-order valence-electron chi connectivity index (χ2n) is 5.41. The highest BCUT2D eigenvalue weighted by Gasteiger charge is 2.37. The zero-order valence-electron chi connectivity index (χ0n) is 12.2. The van der Waals surface area contributed by atoms with Crippen LogP contribution in [0.4, 0.5) is 13.2 Å². The molecule has 0 atom stereocenters. The summed E-state index contributed by atoms with van der Waals surface area (Å²) in [6, 6.07) is 2.40. The number of carboxylic acids is 1. The summed E-state index contributed by atoms with van der Waals surface area (Å²) in [5.41, 5.74) is -0.707. The summed E-state index contributed by atoms with van der Waals surface area (Å²) in [5, 5.41) is 15.5. The van der Waals surface area contributed by atoms with Gasteiger partial charge < -0.3 is 10.0 Å². The third-order valence-corrected chi connectivity index (χ3v) is 3.89. The number of nitrogens with zero attached hydrogens (tertiary/aromatic N) is 2. The molecule has 126 valence electrons. The van der Waals surface area contributed by atoms with Gasteiger partial charge >= 0.3 is 12.1 Å². The first-order chi connectivity index (χ1) is 11.3. The summed E-state index contributed by atoms with van der Waals surface area (Å²) < 4.78 is 39.7. The number of carbonyl (C=O) groups is 2. The van der Waals surface area contributed by atoms with Crippen molar-refractivity contribution in [1.29, 1.82) is 0 Å². The Morgan fingerprint density at radius 1 is 1.29 bits per heavy atom. The number of carbonyl (C=O) groups excluding carboxylic acids is 1. The van der Waals surface area contributed by atoms with Crippen LogP contribution in [0.1, 0.15) is 37.5 Å². The van der Waals surface area contributed by atoms with Gasteiger partial charge in [0.2, 0.25) is 0 Å². The molecule has 0 spiro atoms. The van der Waals surface area contributed by atoms with Crippen molar-refractivity contribution in [3.63, 3.8) is 0 Å². The van der Waals surface area contributed by atoms with Gasteiger partial charge in [-0.05, 0) is 18.2 Å². The molecule has 0 radical (unpaired) electrons. The first-order valence-corrected chi connectivity index (χ1v) is 7.02. The van der Waals surface area contributed by atoms with Gasteiger partial charge in [-0.1, -0.05) is 0 Å². The lowest BCUT2D eigenvalue weighted by molar-refractivity contribution is -0.138. The molecule has 24 heavy (non-hydrogen) atoms. The fraction of sp³-hybridized carbons (Fsp3) is 0.267. The number of H-pyrrole nitrogens is 1. The summed E-state index contributed by atoms with van der Waals surface area (Å²) in [7, 11) is 0. The highest BCUT2D eigenvalue weighted by Crippen LogP contribution is 2.34. The molecule has 1 aliphatic heterocycles. The van der Waals surface area contributed by atoms with E-state index in [0.717, 1.165) is 23.4 Å². The number of hydrogen-bond donors (Lipinski definition) is 2. The highest BCUT2D eigenvalue weighted by atomic mass is 19.4. The van der Waals surface area contributed by atoms with Crippen molar-refractivity contribution in [2.75, 3.05) is 6.54 Å². The monoisotopic (exact) mass is 339 g/mol. The summed E-state index contributed by atoms with van der Waals surface area (Å²) >= 11 is 0. The van der Waals surface area contributed by atoms with Crippen LogP contribution in [0.5, 0.6) is 0 Å². The minimum Gasteiger partial charge on any atom is -0.478 e. The minimum absolute atomic E-state index is 0.155. The van der Waals surface area contributed by atoms with Crippen LogP contribution in [0, 0.1) is 0 Å². The summed E-state index contributed by atoms with van der Waals surface area (Å²) in [4.78, 5) is 24.7. The van der Waals surface area contributed by atoms with E-state index in [9.17, 15) is 22.8 Å². The fourth-order valence-electron chi connectivity index (χ4n) is 2.66. The maximum absolute atomic E-state index is 13.2. The van der Waals surface area contributed by atoms with Gasteiger partial charge in [-0.3, -0.25) is 9.89 Å². The quantitative estimate of drug-likeness (QED) is 0.879. The van der Waals surface area contributed by atoms with E-state index in [0.29, 0.717) is 12.5 Å². The van der Waals surface area contributed by atoms with Crippen molar-refractivity contribution < 1.29 is 27.9 Å². The Hall–Kier alpha value is -2.84. The number of aromatic carboxylic acids is 1. The molecule has 0 saturated heterocycles. The molecule has 1 aromatic carbocycles. The molecule has 1 aromatic heterocycles. The van der Waals surface area contributed by atoms with Gasteiger partial charge in [-0.15, -0.1) is 0 Å². The predicted molar refractivity (Wildman–Crippen MR) is 75.4 cm³/mol. The molecule has 0 fully saturated rings. The van der Waals surface area contributed by atoms with Crippen LogP contribution < -0.4 is 0 Å². The van der Waals surface area contributed by atoms with Gasteiger partial charge in [0.15, 0.2) is 0 Å². The normalized spacial score (nSPS) is 14.4. The Morgan fingerprint density at radius 3 is 2.71 bits per heavy atom. The van der Waals surface area contributed by atoms with Crippen LogP contribution in [-0.4, -0.2) is 38.6 Å². The van der Waals surface area contributed by atoms with Crippen LogP contribution in [0.3, 0.4) is 0 Å². The number of rotatable bonds is 2. The molecule has 9 heteroatoms. The Balaban J connectivity index is 1.97. The molecule has 1 amide bonds. The van der Waals surface area contributed by atoms with E-state index in [1.54, 1.807) is 0 Å². The Labute approximate surface area is 133 Å². The molecule has 3 rings (SSSR count). The molecule has 2 N–H and O–H groups in total. The SMILES string of the molecule is O=C(O)c1ccc(C(=O)N2CCc3[nH]ncc3C2)c(C(F)(F)F)c1. The smallest absolute Gasteiger partial charge is 0.417 e. The number of carboxylic acid groups (broad SMARTS) is 1. The number of hydrogen-bond acceptors (Lipinski definition) is 3. The standard InChI is InChI=1S/C15H12F3N3O3/c16-15(17,18)11-5-8(14(23)24)1-2-10(11)13(22)21-4-3-12-9(7-21)6-19-20-12/h1-2,5-6H,3-4,7H2,(H,19,20)(H,23,24). The number of halogens is 3. The molecular weight excluding hydrogens is 327 g/mol. The van der Waals surface area contributed by atoms with Crippen molar-refractivity contribution in [1.82, 2.24) is 15.1 Å². The van der Waals surface area contributed by atoms with Crippen LogP contribution in [0.15, 0.2) is 24.4 Å². The predicted octanol–water partition coefficient (Wildman–Crippen LogP) is 2.33. The van der Waals surface area contributed by atoms with E-state index in [1.165, 1.54) is 11.1 Å². The fourth-order valence-corrected chi connectivity index (χ4v) is 2.66. The van der Waals surface area contributed by atoms with Crippen molar-refractivity contribution in [3.05, 3.63) is 52.3 Å². The van der Waals surface area contributed by atoms with Crippen LogP contribution >= 0.6 is 0 Å². The van der Waals surface area contributed by atoms with E-state index >= 15 is 0 Å². The molecule has 6 nitrogen and oxygen atoms in total.